The van der Waals surface area contributed by atoms with Crippen molar-refractivity contribution in [1.82, 2.24) is 4.90 Å². The molecule has 1 aromatic rings. The van der Waals surface area contributed by atoms with Crippen molar-refractivity contribution in [1.29, 1.82) is 0 Å². The van der Waals surface area contributed by atoms with Crippen LogP contribution >= 0.6 is 11.8 Å². The van der Waals surface area contributed by atoms with Gasteiger partial charge >= 0.3 is 5.97 Å². The first-order valence-electron chi connectivity index (χ1n) is 6.39. The van der Waals surface area contributed by atoms with Crippen LogP contribution in [0, 0.1) is 0 Å². The Kier molecular flexibility index (Phi) is 7.39. The predicted octanol–water partition coefficient (Wildman–Crippen LogP) is 2.03. The van der Waals surface area contributed by atoms with E-state index in [-0.39, 0.29) is 17.4 Å². The smallest absolute Gasteiger partial charge is 0.313 e. The topological polar surface area (TPSA) is 66.8 Å². The van der Waals surface area contributed by atoms with E-state index in [1.807, 2.05) is 24.3 Å². The van der Waals surface area contributed by atoms with Crippen LogP contribution in [0.25, 0.3) is 0 Å². The number of ether oxygens (including phenoxy) is 1. The minimum Gasteiger partial charge on any atom is -0.490 e. The second-order valence-corrected chi connectivity index (χ2v) is 5.37. The van der Waals surface area contributed by atoms with Gasteiger partial charge in [-0.3, -0.25) is 9.59 Å². The van der Waals surface area contributed by atoms with Gasteiger partial charge in [-0.25, -0.2) is 0 Å². The summed E-state index contributed by atoms with van der Waals surface area (Å²) in [5.41, 5.74) is 0.986. The molecular weight excluding hydrogens is 290 g/mol. The van der Waals surface area contributed by atoms with Crippen LogP contribution in [0.2, 0.25) is 0 Å². The zero-order chi connectivity index (χ0) is 15.7. The van der Waals surface area contributed by atoms with Crippen LogP contribution in [0.15, 0.2) is 36.9 Å². The first-order chi connectivity index (χ1) is 10.0. The number of aliphatic carboxylic acids is 1. The maximum Gasteiger partial charge on any atom is 0.313 e. The van der Waals surface area contributed by atoms with Gasteiger partial charge in [-0.2, -0.15) is 0 Å². The first-order valence-corrected chi connectivity index (χ1v) is 7.54. The van der Waals surface area contributed by atoms with E-state index in [9.17, 15) is 9.59 Å². The molecule has 0 heterocycles. The minimum atomic E-state index is -0.912. The maximum atomic E-state index is 11.8. The lowest BCUT2D eigenvalue weighted by molar-refractivity contribution is -0.133. The lowest BCUT2D eigenvalue weighted by atomic mass is 10.2. The Bertz CT molecular complexity index is 487. The summed E-state index contributed by atoms with van der Waals surface area (Å²) in [4.78, 5) is 23.8. The minimum absolute atomic E-state index is 0.0606. The molecule has 0 saturated carbocycles. The molecule has 0 saturated heterocycles. The highest BCUT2D eigenvalue weighted by molar-refractivity contribution is 8.00. The molecule has 1 aromatic carbocycles. The summed E-state index contributed by atoms with van der Waals surface area (Å²) in [7, 11) is 1.70. The molecule has 0 spiro atoms. The lowest BCUT2D eigenvalue weighted by Crippen LogP contribution is -2.28. The van der Waals surface area contributed by atoms with Gasteiger partial charge in [0.25, 0.3) is 0 Å². The van der Waals surface area contributed by atoms with Gasteiger partial charge in [0, 0.05) is 13.6 Å². The van der Waals surface area contributed by atoms with Crippen molar-refractivity contribution < 1.29 is 19.4 Å². The zero-order valence-electron chi connectivity index (χ0n) is 11.9. The van der Waals surface area contributed by atoms with Gasteiger partial charge in [0.05, 0.1) is 11.5 Å². The van der Waals surface area contributed by atoms with Gasteiger partial charge in [-0.15, -0.1) is 11.8 Å². The van der Waals surface area contributed by atoms with Gasteiger partial charge in [0.1, 0.15) is 12.4 Å². The number of amides is 1. The fourth-order valence-electron chi connectivity index (χ4n) is 1.54. The standard InChI is InChI=1S/C15H19NO4S/c1-3-8-20-13-6-4-12(5-7-13)9-16(2)14(17)10-21-11-15(18)19/h3-7H,1,8-11H2,2H3,(H,18,19). The monoisotopic (exact) mass is 309 g/mol. The SMILES string of the molecule is C=CCOc1ccc(CN(C)C(=O)CSCC(=O)O)cc1. The van der Waals surface area contributed by atoms with E-state index in [0.29, 0.717) is 13.2 Å². The quantitative estimate of drug-likeness (QED) is 0.707. The number of hydrogen-bond acceptors (Lipinski definition) is 4. The zero-order valence-corrected chi connectivity index (χ0v) is 12.8. The van der Waals surface area contributed by atoms with Crippen LogP contribution < -0.4 is 4.74 Å². The molecule has 5 nitrogen and oxygen atoms in total. The summed E-state index contributed by atoms with van der Waals surface area (Å²) < 4.78 is 5.38. The molecule has 0 bridgehead atoms. The van der Waals surface area contributed by atoms with Crippen LogP contribution in [-0.4, -0.2) is 47.0 Å². The second-order valence-electron chi connectivity index (χ2n) is 4.38. The van der Waals surface area contributed by atoms with Crippen LogP contribution in [-0.2, 0) is 16.1 Å². The van der Waals surface area contributed by atoms with E-state index in [1.54, 1.807) is 18.0 Å². The van der Waals surface area contributed by atoms with E-state index in [1.165, 1.54) is 0 Å². The Hall–Kier alpha value is -1.95. The van der Waals surface area contributed by atoms with Gasteiger partial charge in [-0.05, 0) is 17.7 Å². The molecule has 1 rings (SSSR count). The molecule has 21 heavy (non-hydrogen) atoms. The van der Waals surface area contributed by atoms with Crippen molar-refractivity contribution in [2.45, 2.75) is 6.54 Å². The van der Waals surface area contributed by atoms with Gasteiger partial charge < -0.3 is 14.7 Å². The van der Waals surface area contributed by atoms with Crippen LogP contribution in [0.1, 0.15) is 5.56 Å². The average Bonchev–Trinajstić information content (AvgIpc) is 2.46. The number of thioether (sulfide) groups is 1. The number of hydrogen-bond donors (Lipinski definition) is 1. The molecule has 6 heteroatoms. The highest BCUT2D eigenvalue weighted by Crippen LogP contribution is 2.14. The largest absolute Gasteiger partial charge is 0.490 e. The molecular formula is C15H19NO4S. The van der Waals surface area contributed by atoms with Crippen molar-refractivity contribution in [2.24, 2.45) is 0 Å². The van der Waals surface area contributed by atoms with Gasteiger partial charge in [0.2, 0.25) is 5.91 Å². The Labute approximate surface area is 128 Å². The normalized spacial score (nSPS) is 9.95. The predicted molar refractivity (Wildman–Crippen MR) is 83.6 cm³/mol. The first kappa shape index (κ1) is 17.1. The van der Waals surface area contributed by atoms with Crippen molar-refractivity contribution in [3.05, 3.63) is 42.5 Å². The Balaban J connectivity index is 2.42. The summed E-state index contributed by atoms with van der Waals surface area (Å²) in [6.45, 7) is 4.52. The molecule has 1 N–H and O–H groups in total. The van der Waals surface area contributed by atoms with Crippen molar-refractivity contribution in [2.75, 3.05) is 25.2 Å². The second kappa shape index (κ2) is 9.07. The Morgan fingerprint density at radius 1 is 1.33 bits per heavy atom. The third kappa shape index (κ3) is 6.85. The molecule has 0 atom stereocenters. The van der Waals surface area contributed by atoms with E-state index in [0.717, 1.165) is 23.1 Å². The number of carboxylic acid groups (broad SMARTS) is 1. The third-order valence-electron chi connectivity index (χ3n) is 2.59. The van der Waals surface area contributed by atoms with E-state index < -0.39 is 5.97 Å². The van der Waals surface area contributed by atoms with Crippen molar-refractivity contribution >= 4 is 23.6 Å². The van der Waals surface area contributed by atoms with Crippen molar-refractivity contribution in [3.63, 3.8) is 0 Å². The summed E-state index contributed by atoms with van der Waals surface area (Å²) in [5, 5.41) is 8.52. The fraction of sp³-hybridized carbons (Fsp3) is 0.333. The highest BCUT2D eigenvalue weighted by Gasteiger charge is 2.10. The summed E-state index contributed by atoms with van der Waals surface area (Å²) in [5.74, 6) is -0.137. The van der Waals surface area contributed by atoms with Crippen LogP contribution in [0.3, 0.4) is 0 Å². The molecule has 0 aromatic heterocycles. The molecule has 0 aliphatic heterocycles. The molecule has 114 valence electrons. The number of carbonyl (C=O) groups excluding carboxylic acids is 1. The maximum absolute atomic E-state index is 11.8. The highest BCUT2D eigenvalue weighted by atomic mass is 32.2. The van der Waals surface area contributed by atoms with E-state index >= 15 is 0 Å². The van der Waals surface area contributed by atoms with Gasteiger partial charge in [0.15, 0.2) is 0 Å². The molecule has 0 aliphatic rings. The molecule has 0 unspecified atom stereocenters. The molecule has 0 aliphatic carbocycles. The average molecular weight is 309 g/mol. The number of nitrogens with zero attached hydrogens (tertiary/aromatic N) is 1. The molecule has 0 fully saturated rings. The van der Waals surface area contributed by atoms with E-state index in [4.69, 9.17) is 9.84 Å². The number of benzene rings is 1. The van der Waals surface area contributed by atoms with E-state index in [2.05, 4.69) is 6.58 Å². The van der Waals surface area contributed by atoms with Crippen molar-refractivity contribution in [3.8, 4) is 5.75 Å². The fourth-order valence-corrected chi connectivity index (χ4v) is 2.22. The lowest BCUT2D eigenvalue weighted by Gasteiger charge is -2.17. The summed E-state index contributed by atoms with van der Waals surface area (Å²) >= 11 is 1.10. The summed E-state index contributed by atoms with van der Waals surface area (Å²) in [6.07, 6.45) is 1.68. The van der Waals surface area contributed by atoms with Crippen LogP contribution in [0.4, 0.5) is 0 Å². The van der Waals surface area contributed by atoms with Crippen LogP contribution in [0.5, 0.6) is 5.75 Å². The Morgan fingerprint density at radius 3 is 2.57 bits per heavy atom. The number of carbonyl (C=O) groups is 2. The summed E-state index contributed by atoms with van der Waals surface area (Å²) in [6, 6.07) is 7.48. The molecule has 1 amide bonds. The Morgan fingerprint density at radius 2 is 2.00 bits per heavy atom. The number of carboxylic acids is 1. The van der Waals surface area contributed by atoms with Gasteiger partial charge in [-0.1, -0.05) is 24.8 Å². The molecule has 0 radical (unpaired) electrons. The third-order valence-corrected chi connectivity index (χ3v) is 3.49. The number of rotatable bonds is 9.